The highest BCUT2D eigenvalue weighted by Gasteiger charge is 2.10. The van der Waals surface area contributed by atoms with Crippen LogP contribution in [0.4, 0.5) is 0 Å². The van der Waals surface area contributed by atoms with E-state index in [0.717, 1.165) is 16.9 Å². The van der Waals surface area contributed by atoms with E-state index in [1.807, 2.05) is 42.6 Å². The van der Waals surface area contributed by atoms with Gasteiger partial charge >= 0.3 is 0 Å². The van der Waals surface area contributed by atoms with Crippen LogP contribution in [0.25, 0.3) is 0 Å². The van der Waals surface area contributed by atoms with Crippen molar-refractivity contribution in [1.29, 1.82) is 0 Å². The van der Waals surface area contributed by atoms with Crippen molar-refractivity contribution in [1.82, 2.24) is 10.3 Å². The predicted molar refractivity (Wildman–Crippen MR) is 73.9 cm³/mol. The Balaban J connectivity index is 2.03. The lowest BCUT2D eigenvalue weighted by Crippen LogP contribution is -2.24. The van der Waals surface area contributed by atoms with Crippen LogP contribution in [0.2, 0.25) is 0 Å². The maximum absolute atomic E-state index is 9.50. The van der Waals surface area contributed by atoms with Crippen molar-refractivity contribution in [3.8, 4) is 5.75 Å². The third kappa shape index (κ3) is 3.77. The second kappa shape index (κ2) is 6.87. The minimum atomic E-state index is -0.115. The molecule has 1 atom stereocenters. The Hall–Kier alpha value is -1.91. The monoisotopic (exact) mass is 258 g/mol. The molecule has 19 heavy (non-hydrogen) atoms. The number of pyridine rings is 1. The highest BCUT2D eigenvalue weighted by molar-refractivity contribution is 5.30. The lowest BCUT2D eigenvalue weighted by Gasteiger charge is -2.17. The molecule has 0 fully saturated rings. The van der Waals surface area contributed by atoms with Gasteiger partial charge in [0.2, 0.25) is 0 Å². The van der Waals surface area contributed by atoms with Crippen molar-refractivity contribution in [2.75, 3.05) is 13.7 Å². The van der Waals surface area contributed by atoms with Gasteiger partial charge in [0, 0.05) is 18.9 Å². The van der Waals surface area contributed by atoms with Gasteiger partial charge in [-0.2, -0.15) is 0 Å². The Morgan fingerprint density at radius 3 is 2.89 bits per heavy atom. The van der Waals surface area contributed by atoms with Gasteiger partial charge in [-0.3, -0.25) is 4.98 Å². The number of aliphatic hydroxyl groups excluding tert-OH is 1. The highest BCUT2D eigenvalue weighted by atomic mass is 16.5. The van der Waals surface area contributed by atoms with Gasteiger partial charge in [-0.05, 0) is 29.3 Å². The van der Waals surface area contributed by atoms with Gasteiger partial charge in [-0.25, -0.2) is 0 Å². The Bertz CT molecular complexity index is 503. The second-order valence-electron chi connectivity index (χ2n) is 4.25. The summed E-state index contributed by atoms with van der Waals surface area (Å²) in [5.41, 5.74) is 2.09. The van der Waals surface area contributed by atoms with Crippen molar-refractivity contribution in [2.24, 2.45) is 0 Å². The van der Waals surface area contributed by atoms with E-state index in [9.17, 15) is 5.11 Å². The first-order valence-corrected chi connectivity index (χ1v) is 6.20. The summed E-state index contributed by atoms with van der Waals surface area (Å²) in [6.45, 7) is 0.698. The molecule has 1 aromatic carbocycles. The molecule has 0 amide bonds. The van der Waals surface area contributed by atoms with Gasteiger partial charge in [0.25, 0.3) is 0 Å². The molecule has 0 aliphatic heterocycles. The number of methoxy groups -OCH3 is 1. The zero-order valence-electron chi connectivity index (χ0n) is 10.9. The Labute approximate surface area is 113 Å². The molecule has 0 bridgehead atoms. The molecule has 0 aliphatic rings. The summed E-state index contributed by atoms with van der Waals surface area (Å²) < 4.78 is 5.19. The minimum Gasteiger partial charge on any atom is -0.497 e. The number of aromatic nitrogens is 1. The number of hydrogen-bond acceptors (Lipinski definition) is 4. The summed E-state index contributed by atoms with van der Waals surface area (Å²) in [4.78, 5) is 4.07. The molecule has 0 saturated heterocycles. The van der Waals surface area contributed by atoms with Gasteiger partial charge in [-0.15, -0.1) is 0 Å². The summed E-state index contributed by atoms with van der Waals surface area (Å²) in [5.74, 6) is 0.791. The van der Waals surface area contributed by atoms with Crippen LogP contribution in [-0.4, -0.2) is 23.8 Å². The summed E-state index contributed by atoms with van der Waals surface area (Å²) in [5, 5.41) is 12.8. The molecule has 1 unspecified atom stereocenters. The Kier molecular flexibility index (Phi) is 4.89. The Morgan fingerprint density at radius 1 is 1.32 bits per heavy atom. The normalized spacial score (nSPS) is 12.1. The van der Waals surface area contributed by atoms with Crippen LogP contribution in [0.3, 0.4) is 0 Å². The molecule has 0 saturated carbocycles. The van der Waals surface area contributed by atoms with E-state index in [4.69, 9.17) is 4.74 Å². The van der Waals surface area contributed by atoms with Gasteiger partial charge in [0.1, 0.15) is 5.75 Å². The van der Waals surface area contributed by atoms with Gasteiger partial charge in [-0.1, -0.05) is 18.2 Å². The number of nitrogens with zero attached hydrogens (tertiary/aromatic N) is 1. The van der Waals surface area contributed by atoms with Crippen LogP contribution < -0.4 is 10.1 Å². The SMILES string of the molecule is COc1cccc(C(CO)NCc2cccnc2)c1. The topological polar surface area (TPSA) is 54.4 Å². The molecule has 4 heteroatoms. The van der Waals surface area contributed by atoms with E-state index in [2.05, 4.69) is 10.3 Å². The van der Waals surface area contributed by atoms with Gasteiger partial charge in [0.15, 0.2) is 0 Å². The number of aliphatic hydroxyl groups is 1. The van der Waals surface area contributed by atoms with Crippen molar-refractivity contribution in [2.45, 2.75) is 12.6 Å². The average molecular weight is 258 g/mol. The molecule has 2 aromatic rings. The largest absolute Gasteiger partial charge is 0.497 e. The first kappa shape index (κ1) is 13.5. The maximum Gasteiger partial charge on any atom is 0.119 e. The van der Waals surface area contributed by atoms with Crippen LogP contribution in [0, 0.1) is 0 Å². The van der Waals surface area contributed by atoms with E-state index >= 15 is 0 Å². The highest BCUT2D eigenvalue weighted by Crippen LogP contribution is 2.19. The van der Waals surface area contributed by atoms with Crippen molar-refractivity contribution >= 4 is 0 Å². The molecule has 0 radical (unpaired) electrons. The van der Waals surface area contributed by atoms with Gasteiger partial charge in [0.05, 0.1) is 19.8 Å². The summed E-state index contributed by atoms with van der Waals surface area (Å²) >= 11 is 0. The van der Waals surface area contributed by atoms with Crippen molar-refractivity contribution in [3.05, 3.63) is 59.9 Å². The molecule has 0 aliphatic carbocycles. The number of rotatable bonds is 6. The molecule has 0 spiro atoms. The smallest absolute Gasteiger partial charge is 0.119 e. The zero-order valence-corrected chi connectivity index (χ0v) is 10.9. The van der Waals surface area contributed by atoms with Crippen LogP contribution in [-0.2, 0) is 6.54 Å². The third-order valence-corrected chi connectivity index (χ3v) is 2.95. The van der Waals surface area contributed by atoms with Crippen LogP contribution >= 0.6 is 0 Å². The van der Waals surface area contributed by atoms with E-state index < -0.39 is 0 Å². The van der Waals surface area contributed by atoms with Crippen LogP contribution in [0.5, 0.6) is 5.75 Å². The fourth-order valence-corrected chi connectivity index (χ4v) is 1.89. The van der Waals surface area contributed by atoms with Crippen LogP contribution in [0.1, 0.15) is 17.2 Å². The first-order chi connectivity index (χ1) is 9.33. The number of benzene rings is 1. The van der Waals surface area contributed by atoms with E-state index in [1.165, 1.54) is 0 Å². The quantitative estimate of drug-likeness (QED) is 0.831. The summed E-state index contributed by atoms with van der Waals surface area (Å²) in [7, 11) is 1.64. The van der Waals surface area contributed by atoms with Gasteiger partial charge < -0.3 is 15.2 Å². The predicted octanol–water partition coefficient (Wildman–Crippen LogP) is 1.91. The third-order valence-electron chi connectivity index (χ3n) is 2.95. The summed E-state index contributed by atoms with van der Waals surface area (Å²) in [6, 6.07) is 11.5. The minimum absolute atomic E-state index is 0.0351. The van der Waals surface area contributed by atoms with Crippen molar-refractivity contribution in [3.63, 3.8) is 0 Å². The molecular formula is C15H18N2O2. The molecule has 1 aromatic heterocycles. The number of nitrogens with one attached hydrogen (secondary N) is 1. The van der Waals surface area contributed by atoms with E-state index in [1.54, 1.807) is 13.3 Å². The lowest BCUT2D eigenvalue weighted by atomic mass is 10.1. The standard InChI is InChI=1S/C15H18N2O2/c1-19-14-6-2-5-13(8-14)15(11-18)17-10-12-4-3-7-16-9-12/h2-9,15,17-18H,10-11H2,1H3. The lowest BCUT2D eigenvalue weighted by molar-refractivity contribution is 0.243. The fraction of sp³-hybridized carbons (Fsp3) is 0.267. The van der Waals surface area contributed by atoms with Crippen molar-refractivity contribution < 1.29 is 9.84 Å². The first-order valence-electron chi connectivity index (χ1n) is 6.20. The molecule has 1 heterocycles. The fourth-order valence-electron chi connectivity index (χ4n) is 1.89. The van der Waals surface area contributed by atoms with E-state index in [0.29, 0.717) is 6.54 Å². The maximum atomic E-state index is 9.50. The number of hydrogen-bond donors (Lipinski definition) is 2. The van der Waals surface area contributed by atoms with Crippen LogP contribution in [0.15, 0.2) is 48.8 Å². The van der Waals surface area contributed by atoms with E-state index in [-0.39, 0.29) is 12.6 Å². The Morgan fingerprint density at radius 2 is 2.21 bits per heavy atom. The zero-order chi connectivity index (χ0) is 13.5. The average Bonchev–Trinajstić information content (AvgIpc) is 2.49. The molecule has 2 rings (SSSR count). The second-order valence-corrected chi connectivity index (χ2v) is 4.25. The molecule has 4 nitrogen and oxygen atoms in total. The molecule has 100 valence electrons. The summed E-state index contributed by atoms with van der Waals surface area (Å²) in [6.07, 6.45) is 3.56. The number of ether oxygens (including phenoxy) is 1. The molecule has 2 N–H and O–H groups in total. The molecular weight excluding hydrogens is 240 g/mol.